The van der Waals surface area contributed by atoms with Gasteiger partial charge in [0, 0.05) is 17.4 Å². The highest BCUT2D eigenvalue weighted by Gasteiger charge is 1.98. The second-order valence-electron chi connectivity index (χ2n) is 3.55. The Kier molecular flexibility index (Phi) is 3.96. The van der Waals surface area contributed by atoms with Crippen molar-refractivity contribution in [2.24, 2.45) is 5.73 Å². The second kappa shape index (κ2) is 5.85. The third-order valence-corrected chi connectivity index (χ3v) is 2.44. The molecule has 19 heavy (non-hydrogen) atoms. The summed E-state index contributed by atoms with van der Waals surface area (Å²) in [6.07, 6.45) is 2.89. The molecule has 1 aromatic heterocycles. The van der Waals surface area contributed by atoms with Gasteiger partial charge < -0.3 is 11.1 Å². The Hall–Kier alpha value is -2.58. The van der Waals surface area contributed by atoms with E-state index in [0.29, 0.717) is 22.0 Å². The Balaban J connectivity index is 2.25. The lowest BCUT2D eigenvalue weighted by Gasteiger charge is -2.00. The van der Waals surface area contributed by atoms with Crippen LogP contribution in [0.3, 0.4) is 0 Å². The van der Waals surface area contributed by atoms with Crippen molar-refractivity contribution < 1.29 is 4.79 Å². The Morgan fingerprint density at radius 1 is 1.37 bits per heavy atom. The van der Waals surface area contributed by atoms with Gasteiger partial charge in [-0.3, -0.25) is 0 Å². The monoisotopic (exact) mass is 272 g/mol. The fourth-order valence-corrected chi connectivity index (χ4v) is 1.49. The fourth-order valence-electron chi connectivity index (χ4n) is 1.36. The predicted molar refractivity (Wildman–Crippen MR) is 72.7 cm³/mol. The maximum absolute atomic E-state index is 10.7. The lowest BCUT2D eigenvalue weighted by atomic mass is 10.2. The molecule has 0 spiro atoms. The van der Waals surface area contributed by atoms with Gasteiger partial charge in [0.05, 0.1) is 5.56 Å². The molecule has 0 atom stereocenters. The number of nitrogens with zero attached hydrogens (tertiary/aromatic N) is 2. The summed E-state index contributed by atoms with van der Waals surface area (Å²) in [6, 6.07) is 6.36. The molecule has 5 nitrogen and oxygen atoms in total. The number of urea groups is 1. The third-order valence-electron chi connectivity index (χ3n) is 2.14. The van der Waals surface area contributed by atoms with E-state index in [4.69, 9.17) is 17.3 Å². The maximum atomic E-state index is 10.7. The quantitative estimate of drug-likeness (QED) is 0.615. The highest BCUT2D eigenvalue weighted by atomic mass is 35.5. The first-order valence-electron chi connectivity index (χ1n) is 5.29. The van der Waals surface area contributed by atoms with Gasteiger partial charge in [-0.1, -0.05) is 29.5 Å². The van der Waals surface area contributed by atoms with Crippen molar-refractivity contribution in [1.82, 2.24) is 9.97 Å². The molecular formula is C13H9ClN4O. The first kappa shape index (κ1) is 12.9. The van der Waals surface area contributed by atoms with E-state index in [-0.39, 0.29) is 0 Å². The van der Waals surface area contributed by atoms with Gasteiger partial charge in [0.2, 0.25) is 0 Å². The summed E-state index contributed by atoms with van der Waals surface area (Å²) in [5, 5.41) is 2.77. The van der Waals surface area contributed by atoms with E-state index in [1.807, 2.05) is 0 Å². The topological polar surface area (TPSA) is 80.9 Å². The Morgan fingerprint density at radius 2 is 2.21 bits per heavy atom. The van der Waals surface area contributed by atoms with Gasteiger partial charge in [-0.05, 0) is 18.2 Å². The summed E-state index contributed by atoms with van der Waals surface area (Å²) in [5.74, 6) is 5.77. The lowest BCUT2D eigenvalue weighted by Crippen LogP contribution is -2.19. The van der Waals surface area contributed by atoms with Gasteiger partial charge >= 0.3 is 6.03 Å². The molecule has 0 bridgehead atoms. The van der Waals surface area contributed by atoms with Gasteiger partial charge in [-0.15, -0.1) is 0 Å². The van der Waals surface area contributed by atoms with E-state index in [9.17, 15) is 4.79 Å². The first-order valence-corrected chi connectivity index (χ1v) is 5.67. The zero-order valence-corrected chi connectivity index (χ0v) is 10.5. The number of rotatable bonds is 1. The van der Waals surface area contributed by atoms with Crippen LogP contribution in [0.2, 0.25) is 5.15 Å². The molecule has 0 unspecified atom stereocenters. The molecule has 2 rings (SSSR count). The van der Waals surface area contributed by atoms with E-state index in [0.717, 1.165) is 0 Å². The fraction of sp³-hybridized carbons (Fsp3) is 0. The number of hydrogen-bond donors (Lipinski definition) is 2. The van der Waals surface area contributed by atoms with E-state index < -0.39 is 6.03 Å². The minimum Gasteiger partial charge on any atom is -0.351 e. The summed E-state index contributed by atoms with van der Waals surface area (Å²) in [4.78, 5) is 18.4. The molecule has 94 valence electrons. The number of carbonyl (C=O) groups excluding carboxylic acids is 1. The predicted octanol–water partition coefficient (Wildman–Crippen LogP) is 2.02. The van der Waals surface area contributed by atoms with Crippen LogP contribution in [0.4, 0.5) is 10.5 Å². The van der Waals surface area contributed by atoms with E-state index in [1.54, 1.807) is 24.3 Å². The molecule has 0 saturated carbocycles. The largest absolute Gasteiger partial charge is 0.351 e. The molecule has 1 aromatic carbocycles. The van der Waals surface area contributed by atoms with Crippen LogP contribution in [0.5, 0.6) is 0 Å². The zero-order chi connectivity index (χ0) is 13.7. The molecule has 0 aliphatic rings. The summed E-state index contributed by atoms with van der Waals surface area (Å²) in [7, 11) is 0. The minimum atomic E-state index is -0.621. The summed E-state index contributed by atoms with van der Waals surface area (Å²) < 4.78 is 0. The third kappa shape index (κ3) is 3.69. The SMILES string of the molecule is NC(=O)Nc1cccc(C#Cc2cncnc2Cl)c1. The van der Waals surface area contributed by atoms with Crippen LogP contribution < -0.4 is 11.1 Å². The van der Waals surface area contributed by atoms with Crippen molar-refractivity contribution in [3.8, 4) is 11.8 Å². The van der Waals surface area contributed by atoms with Crippen LogP contribution >= 0.6 is 11.6 Å². The number of primary amides is 1. The number of nitrogens with one attached hydrogen (secondary N) is 1. The summed E-state index contributed by atoms with van der Waals surface area (Å²) in [6.45, 7) is 0. The standard InChI is InChI=1S/C13H9ClN4O/c14-12-10(7-16-8-17-12)5-4-9-2-1-3-11(6-9)18-13(15)19/h1-3,6-8H,(H3,15,18,19). The summed E-state index contributed by atoms with van der Waals surface area (Å²) in [5.41, 5.74) is 6.87. The van der Waals surface area contributed by atoms with Gasteiger partial charge in [0.15, 0.2) is 0 Å². The molecule has 2 amide bonds. The van der Waals surface area contributed by atoms with E-state index in [2.05, 4.69) is 27.1 Å². The van der Waals surface area contributed by atoms with Crippen LogP contribution in [-0.4, -0.2) is 16.0 Å². The molecule has 0 radical (unpaired) electrons. The number of benzene rings is 1. The molecule has 6 heteroatoms. The lowest BCUT2D eigenvalue weighted by molar-refractivity contribution is 0.259. The molecule has 1 heterocycles. The molecule has 0 saturated heterocycles. The Labute approximate surface area is 114 Å². The highest BCUT2D eigenvalue weighted by Crippen LogP contribution is 2.11. The van der Waals surface area contributed by atoms with Crippen molar-refractivity contribution >= 4 is 23.3 Å². The number of hydrogen-bond acceptors (Lipinski definition) is 3. The van der Waals surface area contributed by atoms with E-state index >= 15 is 0 Å². The minimum absolute atomic E-state index is 0.300. The highest BCUT2D eigenvalue weighted by molar-refractivity contribution is 6.30. The average molecular weight is 273 g/mol. The van der Waals surface area contributed by atoms with Crippen LogP contribution in [0, 0.1) is 11.8 Å². The first-order chi connectivity index (χ1) is 9.15. The van der Waals surface area contributed by atoms with Crippen molar-refractivity contribution in [2.45, 2.75) is 0 Å². The smallest absolute Gasteiger partial charge is 0.316 e. The molecule has 2 aromatic rings. The van der Waals surface area contributed by atoms with Crippen molar-refractivity contribution in [3.05, 3.63) is 53.1 Å². The number of carbonyl (C=O) groups is 1. The number of amides is 2. The average Bonchev–Trinajstić information content (AvgIpc) is 2.37. The van der Waals surface area contributed by atoms with Crippen LogP contribution in [-0.2, 0) is 0 Å². The maximum Gasteiger partial charge on any atom is 0.316 e. The molecule has 3 N–H and O–H groups in total. The van der Waals surface area contributed by atoms with Gasteiger partial charge in [0.25, 0.3) is 0 Å². The normalized spacial score (nSPS) is 9.32. The number of aromatic nitrogens is 2. The van der Waals surface area contributed by atoms with Gasteiger partial charge in [-0.2, -0.15) is 0 Å². The Bertz CT molecular complexity index is 676. The van der Waals surface area contributed by atoms with Crippen molar-refractivity contribution in [3.63, 3.8) is 0 Å². The van der Waals surface area contributed by atoms with Crippen molar-refractivity contribution in [1.29, 1.82) is 0 Å². The van der Waals surface area contributed by atoms with Crippen LogP contribution in [0.1, 0.15) is 11.1 Å². The zero-order valence-electron chi connectivity index (χ0n) is 9.72. The number of halogens is 1. The summed E-state index contributed by atoms with van der Waals surface area (Å²) >= 11 is 5.86. The van der Waals surface area contributed by atoms with Gasteiger partial charge in [-0.25, -0.2) is 14.8 Å². The Morgan fingerprint density at radius 3 is 2.95 bits per heavy atom. The van der Waals surface area contributed by atoms with Crippen molar-refractivity contribution in [2.75, 3.05) is 5.32 Å². The number of nitrogens with two attached hydrogens (primary N) is 1. The molecule has 0 fully saturated rings. The number of anilines is 1. The van der Waals surface area contributed by atoms with Crippen LogP contribution in [0.15, 0.2) is 36.8 Å². The molecule has 0 aliphatic carbocycles. The second-order valence-corrected chi connectivity index (χ2v) is 3.91. The molecular weight excluding hydrogens is 264 g/mol. The van der Waals surface area contributed by atoms with Crippen LogP contribution in [0.25, 0.3) is 0 Å². The van der Waals surface area contributed by atoms with E-state index in [1.165, 1.54) is 12.5 Å². The van der Waals surface area contributed by atoms with Gasteiger partial charge in [0.1, 0.15) is 11.5 Å². The molecule has 0 aliphatic heterocycles.